The van der Waals surface area contributed by atoms with E-state index in [2.05, 4.69) is 17.6 Å². The Balaban J connectivity index is 1.75. The molecule has 2 atom stereocenters. The molecule has 2 aliphatic rings. The molecule has 1 spiro atoms. The summed E-state index contributed by atoms with van der Waals surface area (Å²) in [7, 11) is 0. The Kier molecular flexibility index (Phi) is 5.12. The van der Waals surface area contributed by atoms with Gasteiger partial charge >= 0.3 is 0 Å². The van der Waals surface area contributed by atoms with Crippen LogP contribution in [0.1, 0.15) is 37.3 Å². The minimum Gasteiger partial charge on any atom is -0.375 e. The van der Waals surface area contributed by atoms with Crippen molar-refractivity contribution in [1.29, 1.82) is 0 Å². The first-order valence-electron chi connectivity index (χ1n) is 7.66. The zero-order chi connectivity index (χ0) is 14.7. The Bertz CT molecular complexity index is 456. The van der Waals surface area contributed by atoms with Gasteiger partial charge in [0, 0.05) is 17.7 Å². The van der Waals surface area contributed by atoms with E-state index in [1.165, 1.54) is 29.9 Å². The zero-order valence-corrected chi connectivity index (χ0v) is 13.8. The standard InChI is InChI=1S/C16H23ClN2OS/c17-14-3-1-12(2-4-14)15(19-18)13-5-8-20-16(11-13)6-9-21-10-7-16/h1-4,13,15,19H,5-11,18H2. The van der Waals surface area contributed by atoms with Gasteiger partial charge in [0.15, 0.2) is 0 Å². The van der Waals surface area contributed by atoms with Crippen molar-refractivity contribution in [3.05, 3.63) is 34.9 Å². The maximum absolute atomic E-state index is 6.18. The number of nitrogens with two attached hydrogens (primary N) is 1. The van der Waals surface area contributed by atoms with Crippen molar-refractivity contribution in [3.63, 3.8) is 0 Å². The number of thioether (sulfide) groups is 1. The number of hydrogen-bond acceptors (Lipinski definition) is 4. The average molecular weight is 327 g/mol. The number of benzene rings is 1. The Morgan fingerprint density at radius 3 is 2.67 bits per heavy atom. The van der Waals surface area contributed by atoms with Gasteiger partial charge in [-0.1, -0.05) is 23.7 Å². The molecule has 0 saturated carbocycles. The second-order valence-corrected chi connectivity index (χ2v) is 7.75. The van der Waals surface area contributed by atoms with Crippen molar-refractivity contribution in [1.82, 2.24) is 5.43 Å². The van der Waals surface area contributed by atoms with E-state index in [0.29, 0.717) is 5.92 Å². The van der Waals surface area contributed by atoms with E-state index >= 15 is 0 Å². The van der Waals surface area contributed by atoms with Gasteiger partial charge in [0.25, 0.3) is 0 Å². The lowest BCUT2D eigenvalue weighted by Gasteiger charge is -2.45. The van der Waals surface area contributed by atoms with Crippen molar-refractivity contribution >= 4 is 23.4 Å². The number of hydrazine groups is 1. The van der Waals surface area contributed by atoms with Gasteiger partial charge in [-0.15, -0.1) is 0 Å². The highest BCUT2D eigenvalue weighted by molar-refractivity contribution is 7.99. The third-order valence-electron chi connectivity index (χ3n) is 4.82. The summed E-state index contributed by atoms with van der Waals surface area (Å²) in [5.74, 6) is 8.82. The van der Waals surface area contributed by atoms with Crippen molar-refractivity contribution < 1.29 is 4.74 Å². The minimum atomic E-state index is 0.0929. The molecule has 21 heavy (non-hydrogen) atoms. The van der Waals surface area contributed by atoms with Crippen LogP contribution >= 0.6 is 23.4 Å². The Morgan fingerprint density at radius 1 is 1.29 bits per heavy atom. The molecule has 1 aromatic rings. The first-order chi connectivity index (χ1) is 10.2. The summed E-state index contributed by atoms with van der Waals surface area (Å²) in [5, 5.41) is 0.766. The Labute approximate surface area is 135 Å². The van der Waals surface area contributed by atoms with E-state index in [4.69, 9.17) is 22.2 Å². The fraction of sp³-hybridized carbons (Fsp3) is 0.625. The van der Waals surface area contributed by atoms with Gasteiger partial charge in [0.2, 0.25) is 0 Å². The summed E-state index contributed by atoms with van der Waals surface area (Å²) < 4.78 is 6.18. The lowest BCUT2D eigenvalue weighted by Crippen LogP contribution is -2.46. The molecule has 3 N–H and O–H groups in total. The molecule has 0 aliphatic carbocycles. The fourth-order valence-electron chi connectivity index (χ4n) is 3.62. The molecule has 2 fully saturated rings. The Morgan fingerprint density at radius 2 is 2.00 bits per heavy atom. The SMILES string of the molecule is NNC(c1ccc(Cl)cc1)C1CCOC2(CCSCC2)C1. The van der Waals surface area contributed by atoms with Crippen LogP contribution in [0.25, 0.3) is 0 Å². The molecule has 3 rings (SSSR count). The molecule has 2 aliphatic heterocycles. The lowest BCUT2D eigenvalue weighted by atomic mass is 9.77. The summed E-state index contributed by atoms with van der Waals surface area (Å²) in [5.41, 5.74) is 4.34. The highest BCUT2D eigenvalue weighted by Crippen LogP contribution is 2.43. The molecule has 3 nitrogen and oxygen atoms in total. The molecule has 0 amide bonds. The van der Waals surface area contributed by atoms with Gasteiger partial charge in [-0.25, -0.2) is 0 Å². The molecule has 2 saturated heterocycles. The van der Waals surface area contributed by atoms with Gasteiger partial charge in [-0.2, -0.15) is 11.8 Å². The van der Waals surface area contributed by atoms with Crippen LogP contribution in [0.2, 0.25) is 5.02 Å². The second-order valence-electron chi connectivity index (χ2n) is 6.09. The third-order valence-corrected chi connectivity index (χ3v) is 6.05. The van der Waals surface area contributed by atoms with Crippen LogP contribution in [0.4, 0.5) is 0 Å². The summed E-state index contributed by atoms with van der Waals surface area (Å²) in [6.45, 7) is 0.848. The van der Waals surface area contributed by atoms with Crippen molar-refractivity contribution in [3.8, 4) is 0 Å². The molecule has 2 heterocycles. The van der Waals surface area contributed by atoms with Crippen molar-refractivity contribution in [2.45, 2.75) is 37.3 Å². The van der Waals surface area contributed by atoms with E-state index in [1.807, 2.05) is 23.9 Å². The van der Waals surface area contributed by atoms with E-state index in [0.717, 1.165) is 24.5 Å². The Hall–Kier alpha value is -0.260. The lowest BCUT2D eigenvalue weighted by molar-refractivity contribution is -0.107. The van der Waals surface area contributed by atoms with Gasteiger partial charge in [-0.3, -0.25) is 11.3 Å². The van der Waals surface area contributed by atoms with Gasteiger partial charge in [0.05, 0.1) is 5.60 Å². The molecule has 0 aromatic heterocycles. The molecule has 1 aromatic carbocycles. The predicted molar refractivity (Wildman–Crippen MR) is 89.5 cm³/mol. The van der Waals surface area contributed by atoms with E-state index in [9.17, 15) is 0 Å². The summed E-state index contributed by atoms with van der Waals surface area (Å²) in [6, 6.07) is 8.20. The number of nitrogens with one attached hydrogen (secondary N) is 1. The monoisotopic (exact) mass is 326 g/mol. The number of halogens is 1. The predicted octanol–water partition coefficient (Wildman–Crippen LogP) is 3.54. The van der Waals surface area contributed by atoms with Crippen LogP contribution in [0.5, 0.6) is 0 Å². The van der Waals surface area contributed by atoms with Crippen LogP contribution in [0.15, 0.2) is 24.3 Å². The van der Waals surface area contributed by atoms with Gasteiger partial charge < -0.3 is 4.74 Å². The molecular formula is C16H23ClN2OS. The van der Waals surface area contributed by atoms with E-state index in [-0.39, 0.29) is 11.6 Å². The fourth-order valence-corrected chi connectivity index (χ4v) is 4.98. The molecular weight excluding hydrogens is 304 g/mol. The maximum atomic E-state index is 6.18. The van der Waals surface area contributed by atoms with E-state index in [1.54, 1.807) is 0 Å². The first-order valence-corrected chi connectivity index (χ1v) is 9.19. The summed E-state index contributed by atoms with van der Waals surface area (Å²) in [6.07, 6.45) is 4.51. The highest BCUT2D eigenvalue weighted by Gasteiger charge is 2.41. The summed E-state index contributed by atoms with van der Waals surface area (Å²) in [4.78, 5) is 0. The smallest absolute Gasteiger partial charge is 0.0701 e. The molecule has 2 unspecified atom stereocenters. The minimum absolute atomic E-state index is 0.0929. The molecule has 0 bridgehead atoms. The average Bonchev–Trinajstić information content (AvgIpc) is 2.51. The van der Waals surface area contributed by atoms with Crippen LogP contribution in [0, 0.1) is 5.92 Å². The number of rotatable bonds is 3. The van der Waals surface area contributed by atoms with Crippen molar-refractivity contribution in [2.75, 3.05) is 18.1 Å². The maximum Gasteiger partial charge on any atom is 0.0701 e. The van der Waals surface area contributed by atoms with Crippen LogP contribution in [-0.4, -0.2) is 23.7 Å². The second kappa shape index (κ2) is 6.88. The summed E-state index contributed by atoms with van der Waals surface area (Å²) >= 11 is 8.03. The van der Waals surface area contributed by atoms with Crippen LogP contribution in [-0.2, 0) is 4.74 Å². The largest absolute Gasteiger partial charge is 0.375 e. The van der Waals surface area contributed by atoms with Crippen LogP contribution < -0.4 is 11.3 Å². The third kappa shape index (κ3) is 3.57. The topological polar surface area (TPSA) is 47.3 Å². The highest BCUT2D eigenvalue weighted by atomic mass is 35.5. The van der Waals surface area contributed by atoms with E-state index < -0.39 is 0 Å². The number of hydrogen-bond donors (Lipinski definition) is 2. The van der Waals surface area contributed by atoms with Crippen molar-refractivity contribution in [2.24, 2.45) is 11.8 Å². The van der Waals surface area contributed by atoms with Gasteiger partial charge in [0.1, 0.15) is 0 Å². The number of ether oxygens (including phenoxy) is 1. The zero-order valence-electron chi connectivity index (χ0n) is 12.2. The van der Waals surface area contributed by atoms with Gasteiger partial charge in [-0.05, 0) is 60.8 Å². The quantitative estimate of drug-likeness (QED) is 0.659. The molecule has 0 radical (unpaired) electrons. The molecule has 5 heteroatoms. The normalized spacial score (nSPS) is 26.7. The first kappa shape index (κ1) is 15.6. The molecule has 116 valence electrons. The van der Waals surface area contributed by atoms with Crippen LogP contribution in [0.3, 0.4) is 0 Å².